The Kier molecular flexibility index (Phi) is 5.39. The molecule has 0 aliphatic heterocycles. The van der Waals surface area contributed by atoms with Crippen LogP contribution < -0.4 is 15.4 Å². The Bertz CT molecular complexity index is 825. The van der Waals surface area contributed by atoms with Crippen LogP contribution in [0.5, 0.6) is 5.88 Å². The van der Waals surface area contributed by atoms with Gasteiger partial charge in [-0.05, 0) is 18.2 Å². The van der Waals surface area contributed by atoms with Crippen molar-refractivity contribution in [1.82, 2.24) is 15.1 Å². The first-order chi connectivity index (χ1) is 11.4. The summed E-state index contributed by atoms with van der Waals surface area (Å²) < 4.78 is 6.42. The Balaban J connectivity index is 2.00. The molecule has 9 heteroatoms. The van der Waals surface area contributed by atoms with Crippen molar-refractivity contribution in [3.63, 3.8) is 0 Å². The number of aromatic nitrogens is 2. The van der Waals surface area contributed by atoms with E-state index in [2.05, 4.69) is 15.7 Å². The molecule has 1 aromatic carbocycles. The van der Waals surface area contributed by atoms with Crippen molar-refractivity contribution in [1.29, 1.82) is 5.26 Å². The van der Waals surface area contributed by atoms with Crippen molar-refractivity contribution in [2.75, 3.05) is 19.0 Å². The number of halogens is 1. The highest BCUT2D eigenvalue weighted by Crippen LogP contribution is 2.20. The maximum atomic E-state index is 12.1. The number of carbonyl (C=O) groups excluding carboxylic acids is 2. The van der Waals surface area contributed by atoms with Crippen LogP contribution in [0.25, 0.3) is 0 Å². The zero-order valence-corrected chi connectivity index (χ0v) is 13.7. The molecule has 1 heterocycles. The second-order valence-corrected chi connectivity index (χ2v) is 5.19. The number of nitriles is 1. The highest BCUT2D eigenvalue weighted by molar-refractivity contribution is 6.31. The van der Waals surface area contributed by atoms with Crippen LogP contribution >= 0.6 is 11.6 Å². The third-order valence-corrected chi connectivity index (χ3v) is 3.25. The average Bonchev–Trinajstić information content (AvgIpc) is 2.94. The lowest BCUT2D eigenvalue weighted by atomic mass is 10.2. The number of methoxy groups -OCH3 is 1. The molecule has 2 N–H and O–H groups in total. The molecule has 0 aliphatic carbocycles. The minimum Gasteiger partial charge on any atom is -0.479 e. The summed E-state index contributed by atoms with van der Waals surface area (Å²) in [5.41, 5.74) is 0.768. The Labute approximate surface area is 143 Å². The molecule has 0 bridgehead atoms. The summed E-state index contributed by atoms with van der Waals surface area (Å²) in [6, 6.07) is 6.46. The molecule has 0 spiro atoms. The topological polar surface area (TPSA) is 109 Å². The normalized spacial score (nSPS) is 9.92. The highest BCUT2D eigenvalue weighted by atomic mass is 35.5. The highest BCUT2D eigenvalue weighted by Gasteiger charge is 2.17. The lowest BCUT2D eigenvalue weighted by Crippen LogP contribution is -2.33. The SMILES string of the molecule is COc1nn(C)cc1C(=O)NCC(=O)Nc1cc(Cl)ccc1C#N. The predicted molar refractivity (Wildman–Crippen MR) is 86.9 cm³/mol. The summed E-state index contributed by atoms with van der Waals surface area (Å²) in [4.78, 5) is 24.0. The monoisotopic (exact) mass is 347 g/mol. The maximum Gasteiger partial charge on any atom is 0.258 e. The van der Waals surface area contributed by atoms with Crippen LogP contribution in [0.3, 0.4) is 0 Å². The summed E-state index contributed by atoms with van der Waals surface area (Å²) >= 11 is 5.85. The van der Waals surface area contributed by atoms with E-state index >= 15 is 0 Å². The number of benzene rings is 1. The van der Waals surface area contributed by atoms with Crippen LogP contribution in [-0.4, -0.2) is 35.2 Å². The minimum atomic E-state index is -0.498. The van der Waals surface area contributed by atoms with Crippen LogP contribution in [-0.2, 0) is 11.8 Å². The number of rotatable bonds is 5. The molecule has 8 nitrogen and oxygen atoms in total. The molecule has 2 rings (SSSR count). The molecule has 0 unspecified atom stereocenters. The second-order valence-electron chi connectivity index (χ2n) is 4.76. The molecule has 2 aromatic rings. The lowest BCUT2D eigenvalue weighted by Gasteiger charge is -2.08. The van der Waals surface area contributed by atoms with E-state index in [9.17, 15) is 9.59 Å². The van der Waals surface area contributed by atoms with Gasteiger partial charge in [-0.25, -0.2) is 0 Å². The Morgan fingerprint density at radius 1 is 1.46 bits per heavy atom. The number of amides is 2. The quantitative estimate of drug-likeness (QED) is 0.847. The summed E-state index contributed by atoms with van der Waals surface area (Å²) in [7, 11) is 3.04. The van der Waals surface area contributed by atoms with Gasteiger partial charge in [-0.3, -0.25) is 14.3 Å². The largest absolute Gasteiger partial charge is 0.479 e. The van der Waals surface area contributed by atoms with Crippen LogP contribution in [0.1, 0.15) is 15.9 Å². The number of ether oxygens (including phenoxy) is 1. The molecule has 24 heavy (non-hydrogen) atoms. The molecule has 124 valence electrons. The molecule has 0 saturated heterocycles. The first-order valence-electron chi connectivity index (χ1n) is 6.80. The molecule has 0 atom stereocenters. The number of aryl methyl sites for hydroxylation is 1. The van der Waals surface area contributed by atoms with Gasteiger partial charge in [0.05, 0.1) is 24.9 Å². The van der Waals surface area contributed by atoms with E-state index in [1.807, 2.05) is 6.07 Å². The Morgan fingerprint density at radius 3 is 2.88 bits per heavy atom. The van der Waals surface area contributed by atoms with Crippen LogP contribution in [0.4, 0.5) is 5.69 Å². The van der Waals surface area contributed by atoms with Gasteiger partial charge >= 0.3 is 0 Å². The van der Waals surface area contributed by atoms with Crippen molar-refractivity contribution in [2.45, 2.75) is 0 Å². The Hall–Kier alpha value is -3.05. The van der Waals surface area contributed by atoms with Crippen LogP contribution in [0.15, 0.2) is 24.4 Å². The number of carbonyl (C=O) groups is 2. The van der Waals surface area contributed by atoms with Crippen LogP contribution in [0, 0.1) is 11.3 Å². The van der Waals surface area contributed by atoms with Gasteiger partial charge in [-0.2, -0.15) is 5.26 Å². The fraction of sp³-hybridized carbons (Fsp3) is 0.200. The van der Waals surface area contributed by atoms with E-state index in [4.69, 9.17) is 21.6 Å². The van der Waals surface area contributed by atoms with E-state index in [1.165, 1.54) is 30.1 Å². The summed E-state index contributed by atoms with van der Waals surface area (Å²) in [5.74, 6) is -0.830. The predicted octanol–water partition coefficient (Wildman–Crippen LogP) is 1.32. The van der Waals surface area contributed by atoms with Gasteiger partial charge in [-0.1, -0.05) is 11.6 Å². The summed E-state index contributed by atoms with van der Waals surface area (Å²) in [6.07, 6.45) is 1.48. The number of hydrogen-bond acceptors (Lipinski definition) is 5. The Morgan fingerprint density at radius 2 is 2.21 bits per heavy atom. The first-order valence-corrected chi connectivity index (χ1v) is 7.17. The summed E-state index contributed by atoms with van der Waals surface area (Å²) in [6.45, 7) is -0.283. The van der Waals surface area contributed by atoms with E-state index in [0.29, 0.717) is 5.02 Å². The third kappa shape index (κ3) is 4.02. The van der Waals surface area contributed by atoms with Gasteiger partial charge in [-0.15, -0.1) is 5.10 Å². The molecule has 0 fully saturated rings. The third-order valence-electron chi connectivity index (χ3n) is 3.02. The van der Waals surface area contributed by atoms with Gasteiger partial charge in [0, 0.05) is 18.3 Å². The van der Waals surface area contributed by atoms with Gasteiger partial charge in [0.15, 0.2) is 0 Å². The molecule has 0 radical (unpaired) electrons. The van der Waals surface area contributed by atoms with E-state index in [1.54, 1.807) is 13.1 Å². The molecular weight excluding hydrogens is 334 g/mol. The van der Waals surface area contributed by atoms with Gasteiger partial charge in [0.1, 0.15) is 11.6 Å². The van der Waals surface area contributed by atoms with Crippen LogP contribution in [0.2, 0.25) is 5.02 Å². The van der Waals surface area contributed by atoms with E-state index in [0.717, 1.165) is 0 Å². The number of nitrogens with zero attached hydrogens (tertiary/aromatic N) is 3. The molecular formula is C15H14ClN5O3. The minimum absolute atomic E-state index is 0.164. The molecule has 0 aliphatic rings. The van der Waals surface area contributed by atoms with Crippen molar-refractivity contribution in [2.24, 2.45) is 7.05 Å². The fourth-order valence-electron chi connectivity index (χ4n) is 1.94. The zero-order valence-electron chi connectivity index (χ0n) is 13.0. The number of nitrogens with one attached hydrogen (secondary N) is 2. The average molecular weight is 348 g/mol. The van der Waals surface area contributed by atoms with Gasteiger partial charge < -0.3 is 15.4 Å². The fourth-order valence-corrected chi connectivity index (χ4v) is 2.11. The van der Waals surface area contributed by atoms with Crippen molar-refractivity contribution >= 4 is 29.1 Å². The van der Waals surface area contributed by atoms with Crippen molar-refractivity contribution < 1.29 is 14.3 Å². The zero-order chi connectivity index (χ0) is 17.7. The molecule has 1 aromatic heterocycles. The van der Waals surface area contributed by atoms with Crippen molar-refractivity contribution in [3.05, 3.63) is 40.5 Å². The van der Waals surface area contributed by atoms with E-state index in [-0.39, 0.29) is 29.2 Å². The number of anilines is 1. The van der Waals surface area contributed by atoms with E-state index < -0.39 is 11.8 Å². The second kappa shape index (κ2) is 7.48. The molecule has 2 amide bonds. The van der Waals surface area contributed by atoms with Gasteiger partial charge in [0.25, 0.3) is 5.91 Å². The molecule has 0 saturated carbocycles. The smallest absolute Gasteiger partial charge is 0.258 e. The van der Waals surface area contributed by atoms with Gasteiger partial charge in [0.2, 0.25) is 11.8 Å². The maximum absolute atomic E-state index is 12.1. The van der Waals surface area contributed by atoms with Crippen molar-refractivity contribution in [3.8, 4) is 11.9 Å². The lowest BCUT2D eigenvalue weighted by molar-refractivity contribution is -0.115. The summed E-state index contributed by atoms with van der Waals surface area (Å²) in [5, 5.41) is 18.3. The first kappa shape index (κ1) is 17.3. The number of hydrogen-bond donors (Lipinski definition) is 2. The standard InChI is InChI=1S/C15H14ClN5O3/c1-21-8-11(15(20-21)24-2)14(23)18-7-13(22)19-12-5-10(16)4-3-9(12)6-17/h3-5,8H,7H2,1-2H3,(H,18,23)(H,19,22).